The number of aliphatic carboxylic acids is 1. The van der Waals surface area contributed by atoms with Gasteiger partial charge in [0.05, 0.1) is 19.3 Å². The third kappa shape index (κ3) is 17.1. The Labute approximate surface area is 482 Å². The number of carbonyl (C=O) groups excluding carboxylic acids is 9. The highest BCUT2D eigenvalue weighted by Gasteiger charge is 2.36. The van der Waals surface area contributed by atoms with E-state index >= 15 is 0 Å². The SMILES string of the molecule is NC(=O)[C@@H]1Cc2cccc(c2)CNC(=O)CCCC(=O)NCC(=O)N[C@@H](Cc2c[nH]c3ccc(F)cc23)C(=O)N[C@@H](Cc2c[nH]c3ccc(F)cc23)C(=O)N[C@@H](CC(=O)O)C(=O)N[C@@H](Cc2cnc[nH]2)C(=O)N[C@@H](Cc2ccc(O)cc2)C(=O)N1. The smallest absolute Gasteiger partial charge is 0.305 e. The van der Waals surface area contributed by atoms with Gasteiger partial charge in [-0.1, -0.05) is 36.4 Å². The quantitative estimate of drug-likeness (QED) is 0.0848. The molecule has 0 aliphatic carbocycles. The fourth-order valence-electron chi connectivity index (χ4n) is 9.68. The first-order valence-electron chi connectivity index (χ1n) is 26.9. The number of H-pyrrole nitrogens is 3. The Morgan fingerprint density at radius 1 is 0.565 bits per heavy atom. The van der Waals surface area contributed by atoms with Crippen molar-refractivity contribution in [2.45, 2.75) is 101 Å². The number of rotatable bonds is 11. The van der Waals surface area contributed by atoms with Crippen molar-refractivity contribution >= 4 is 80.9 Å². The van der Waals surface area contributed by atoms with Crippen LogP contribution < -0.4 is 48.3 Å². The molecule has 6 atom stereocenters. The number of nitrogens with one attached hydrogen (secondary N) is 11. The number of aromatic hydroxyl groups is 1. The van der Waals surface area contributed by atoms with Crippen molar-refractivity contribution in [2.24, 2.45) is 5.73 Å². The number of primary amides is 1. The lowest BCUT2D eigenvalue weighted by Gasteiger charge is -2.27. The first-order chi connectivity index (χ1) is 40.7. The number of nitrogens with two attached hydrogens (primary N) is 1. The number of benzene rings is 4. The van der Waals surface area contributed by atoms with E-state index in [0.29, 0.717) is 38.7 Å². The minimum absolute atomic E-state index is 0.0247. The minimum atomic E-state index is -2.01. The average molecular weight is 1170 g/mol. The van der Waals surface area contributed by atoms with E-state index in [4.69, 9.17) is 5.73 Å². The van der Waals surface area contributed by atoms with E-state index in [9.17, 15) is 66.9 Å². The molecule has 2 bridgehead atoms. The van der Waals surface area contributed by atoms with E-state index in [2.05, 4.69) is 62.5 Å². The lowest BCUT2D eigenvalue weighted by molar-refractivity contribution is -0.141. The molecule has 8 rings (SSSR count). The summed E-state index contributed by atoms with van der Waals surface area (Å²) in [5.74, 6) is -11.3. The van der Waals surface area contributed by atoms with Crippen LogP contribution in [0.1, 0.15) is 59.2 Å². The summed E-state index contributed by atoms with van der Waals surface area (Å²) in [5, 5.41) is 41.2. The first-order valence-corrected chi connectivity index (χ1v) is 26.9. The molecular formula is C58H61F2N13O12. The molecule has 4 aromatic carbocycles. The number of carboxylic acids is 1. The molecule has 0 spiro atoms. The molecule has 0 saturated carbocycles. The second-order valence-electron chi connectivity index (χ2n) is 20.4. The number of carboxylic acid groups (broad SMARTS) is 1. The predicted molar refractivity (Wildman–Crippen MR) is 300 cm³/mol. The Bertz CT molecular complexity index is 3630. The number of aromatic nitrogens is 4. The number of hydrogen-bond donors (Lipinski definition) is 14. The highest BCUT2D eigenvalue weighted by molar-refractivity contribution is 5.99. The molecule has 3 aromatic heterocycles. The third-order valence-electron chi connectivity index (χ3n) is 14.1. The van der Waals surface area contributed by atoms with Gasteiger partial charge in [0, 0.05) is 97.6 Å². The number of phenols is 1. The van der Waals surface area contributed by atoms with Gasteiger partial charge in [0.25, 0.3) is 0 Å². The van der Waals surface area contributed by atoms with Gasteiger partial charge in [0.1, 0.15) is 53.6 Å². The van der Waals surface area contributed by atoms with Crippen molar-refractivity contribution in [3.63, 3.8) is 0 Å². The van der Waals surface area contributed by atoms with Crippen molar-refractivity contribution in [1.29, 1.82) is 0 Å². The molecule has 27 heteroatoms. The van der Waals surface area contributed by atoms with Gasteiger partial charge < -0.3 is 73.4 Å². The fraction of sp³-hybridized carbons (Fsp3) is 0.293. The van der Waals surface area contributed by atoms with Crippen LogP contribution in [0.4, 0.5) is 8.78 Å². The number of fused-ring (bicyclic) bond motifs is 4. The largest absolute Gasteiger partial charge is 0.508 e. The number of phenolic OH excluding ortho intramolecular Hbond substituents is 1. The van der Waals surface area contributed by atoms with E-state index in [0.717, 1.165) is 6.07 Å². The summed E-state index contributed by atoms with van der Waals surface area (Å²) in [6, 6.07) is 10.0. The molecule has 7 aromatic rings. The molecule has 0 radical (unpaired) electrons. The van der Waals surface area contributed by atoms with E-state index in [1.54, 1.807) is 24.3 Å². The third-order valence-corrected chi connectivity index (χ3v) is 14.1. The van der Waals surface area contributed by atoms with Crippen molar-refractivity contribution in [2.75, 3.05) is 6.54 Å². The van der Waals surface area contributed by atoms with E-state index in [1.807, 2.05) is 0 Å². The Balaban J connectivity index is 1.14. The molecular weight excluding hydrogens is 1110 g/mol. The van der Waals surface area contributed by atoms with Gasteiger partial charge in [-0.2, -0.15) is 0 Å². The average Bonchev–Trinajstić information content (AvgIpc) is 3.31. The monoisotopic (exact) mass is 1170 g/mol. The minimum Gasteiger partial charge on any atom is -0.508 e. The highest BCUT2D eigenvalue weighted by atomic mass is 19.1. The van der Waals surface area contributed by atoms with Crippen LogP contribution >= 0.6 is 0 Å². The summed E-state index contributed by atoms with van der Waals surface area (Å²) in [6.07, 6.45) is 2.61. The maximum absolute atomic E-state index is 14.8. The van der Waals surface area contributed by atoms with Gasteiger partial charge >= 0.3 is 5.97 Å². The molecule has 85 heavy (non-hydrogen) atoms. The summed E-state index contributed by atoms with van der Waals surface area (Å²) < 4.78 is 29.4. The van der Waals surface area contributed by atoms with Crippen LogP contribution in [0.2, 0.25) is 0 Å². The summed E-state index contributed by atoms with van der Waals surface area (Å²) in [6.45, 7) is -0.639. The Hall–Kier alpha value is -10.5. The first kappa shape index (κ1) is 60.6. The second-order valence-corrected chi connectivity index (χ2v) is 20.4. The number of aromatic amines is 3. The maximum atomic E-state index is 14.8. The Morgan fingerprint density at radius 3 is 1.65 bits per heavy atom. The normalized spacial score (nSPS) is 20.5. The number of amides is 9. The number of imidazole rings is 1. The summed E-state index contributed by atoms with van der Waals surface area (Å²) in [4.78, 5) is 151. The van der Waals surface area contributed by atoms with Crippen molar-refractivity contribution in [1.82, 2.24) is 62.5 Å². The molecule has 0 saturated heterocycles. The van der Waals surface area contributed by atoms with Gasteiger partial charge in [-0.25, -0.2) is 13.8 Å². The van der Waals surface area contributed by atoms with Crippen LogP contribution in [0.5, 0.6) is 5.75 Å². The van der Waals surface area contributed by atoms with Crippen molar-refractivity contribution in [3.8, 4) is 5.75 Å². The van der Waals surface area contributed by atoms with Crippen LogP contribution in [0.15, 0.2) is 110 Å². The zero-order chi connectivity index (χ0) is 60.7. The zero-order valence-corrected chi connectivity index (χ0v) is 45.4. The lowest BCUT2D eigenvalue weighted by Crippen LogP contribution is -2.61. The molecule has 1 aliphatic heterocycles. The van der Waals surface area contributed by atoms with Gasteiger partial charge in [0.2, 0.25) is 53.2 Å². The van der Waals surface area contributed by atoms with E-state index in [1.165, 1.54) is 79.5 Å². The molecule has 444 valence electrons. The molecule has 9 amide bonds. The molecule has 4 heterocycles. The van der Waals surface area contributed by atoms with Crippen LogP contribution in [0.3, 0.4) is 0 Å². The zero-order valence-electron chi connectivity index (χ0n) is 45.4. The summed E-state index contributed by atoms with van der Waals surface area (Å²) in [5.41, 5.74) is 9.09. The molecule has 0 unspecified atom stereocenters. The van der Waals surface area contributed by atoms with Crippen LogP contribution in [0, 0.1) is 11.6 Å². The topological polar surface area (TPSA) is 394 Å². The lowest BCUT2D eigenvalue weighted by atomic mass is 10.0. The highest BCUT2D eigenvalue weighted by Crippen LogP contribution is 2.24. The van der Waals surface area contributed by atoms with Crippen molar-refractivity contribution in [3.05, 3.63) is 155 Å². The number of carbonyl (C=O) groups is 10. The number of halogens is 2. The number of hydrogen-bond acceptors (Lipinski definition) is 12. The van der Waals surface area contributed by atoms with Gasteiger partial charge in [-0.3, -0.25) is 47.9 Å². The van der Waals surface area contributed by atoms with Crippen LogP contribution in [-0.2, 0) is 86.6 Å². The summed E-state index contributed by atoms with van der Waals surface area (Å²) >= 11 is 0. The molecule has 0 fully saturated rings. The Morgan fingerprint density at radius 2 is 1.08 bits per heavy atom. The van der Waals surface area contributed by atoms with Gasteiger partial charge in [0.15, 0.2) is 0 Å². The van der Waals surface area contributed by atoms with E-state index < -0.39 is 126 Å². The standard InChI is InChI=1S/C58H61F2N13O12/c59-35-9-13-41-39(20-35)33(25-63-41)18-45-55(82)71-46(19-34-26-64-42-14-10-36(60)21-40(34)42)56(83)73-48(23-52(78)79)58(85)72-47(22-37-27-62-29-67-37)57(84)70-44(16-30-7-11-38(74)12-8-30)54(81)69-43(53(61)80)17-31-3-1-4-32(15-31)24-65-49(75)5-2-6-50(76)66-28-51(77)68-45/h1,3-4,7-15,20-21,25-27,29,43-48,63-64,74H,2,5-6,16-19,22-24,28H2,(H2,61,80)(H,62,67)(H,65,75)(H,66,76)(H,68,77)(H,69,81)(H,70,84)(H,71,82)(H,72,85)(H,73,83)(H,78,79)/t43-,44-,45-,46-,47-,48-/m0/s1. The second kappa shape index (κ2) is 28.0. The fourth-order valence-corrected chi connectivity index (χ4v) is 9.68. The van der Waals surface area contributed by atoms with Crippen LogP contribution in [-0.4, -0.2) is 132 Å². The number of nitrogens with zero attached hydrogens (tertiary/aromatic N) is 1. The molecule has 1 aliphatic rings. The van der Waals surface area contributed by atoms with Crippen molar-refractivity contribution < 1.29 is 66.9 Å². The van der Waals surface area contributed by atoms with Gasteiger partial charge in [-0.15, -0.1) is 0 Å². The Kier molecular flexibility index (Phi) is 20.0. The van der Waals surface area contributed by atoms with Crippen LogP contribution in [0.25, 0.3) is 21.8 Å². The van der Waals surface area contributed by atoms with Gasteiger partial charge in [-0.05, 0) is 82.8 Å². The van der Waals surface area contributed by atoms with E-state index in [-0.39, 0.29) is 73.9 Å². The molecule has 25 nitrogen and oxygen atoms in total. The summed E-state index contributed by atoms with van der Waals surface area (Å²) in [7, 11) is 0. The predicted octanol–water partition coefficient (Wildman–Crippen LogP) is 0.655. The molecule has 15 N–H and O–H groups in total. The maximum Gasteiger partial charge on any atom is 0.305 e.